The molecule has 0 saturated carbocycles. The molecule has 0 spiro atoms. The molecule has 1 aliphatic carbocycles. The number of rotatable bonds is 6. The van der Waals surface area contributed by atoms with Gasteiger partial charge in [-0.05, 0) is 67.9 Å². The highest BCUT2D eigenvalue weighted by Gasteiger charge is 2.34. The first-order valence-corrected chi connectivity index (χ1v) is 9.24. The minimum absolute atomic E-state index is 0.293. The average Bonchev–Trinajstić information content (AvgIpc) is 2.97. The van der Waals surface area contributed by atoms with Crippen LogP contribution in [0, 0.1) is 11.8 Å². The largest absolute Gasteiger partial charge is 0.493 e. The summed E-state index contributed by atoms with van der Waals surface area (Å²) < 4.78 is 98.3. The standard InChI is InChI=1S/C24H29NO3/c1-27-22-14-19-13-20(24(26)21(19)15-23(22)28-2)12-17-8-10-25(11-9-17)16-18-6-4-3-5-7-18/h3-7,14-15,17,20H,8-13,16H2,1-2H3/i1D3,2D3,12D2,13D2,20D. The van der Waals surface area contributed by atoms with Crippen molar-refractivity contribution in [2.24, 2.45) is 11.8 Å². The van der Waals surface area contributed by atoms with Gasteiger partial charge in [0.2, 0.25) is 0 Å². The van der Waals surface area contributed by atoms with Crippen LogP contribution < -0.4 is 9.47 Å². The van der Waals surface area contributed by atoms with Crippen LogP contribution in [0.4, 0.5) is 0 Å². The third-order valence-corrected chi connectivity index (χ3v) is 5.22. The minimum atomic E-state index is -3.06. The van der Waals surface area contributed by atoms with E-state index in [1.54, 1.807) is 0 Å². The highest BCUT2D eigenvalue weighted by atomic mass is 16.5. The van der Waals surface area contributed by atoms with Gasteiger partial charge in [0.05, 0.1) is 22.3 Å². The van der Waals surface area contributed by atoms with Gasteiger partial charge in [-0.1, -0.05) is 30.3 Å². The summed E-state index contributed by atoms with van der Waals surface area (Å²) in [6, 6.07) is 11.4. The Morgan fingerprint density at radius 1 is 1.18 bits per heavy atom. The lowest BCUT2D eigenvalue weighted by atomic mass is 9.85. The molecule has 0 radical (unpaired) electrons. The molecule has 1 heterocycles. The Labute approximate surface area is 182 Å². The maximum Gasteiger partial charge on any atom is 0.166 e. The number of ketones is 1. The van der Waals surface area contributed by atoms with Crippen molar-refractivity contribution in [1.82, 2.24) is 4.90 Å². The number of Topliss-reactive ketones (excluding diaryl/α,β-unsaturated/α-hetero) is 1. The van der Waals surface area contributed by atoms with E-state index in [-0.39, 0.29) is 0 Å². The summed E-state index contributed by atoms with van der Waals surface area (Å²) >= 11 is 0. The van der Waals surface area contributed by atoms with Crippen LogP contribution in [0.3, 0.4) is 0 Å². The molecule has 2 aliphatic rings. The summed E-state index contributed by atoms with van der Waals surface area (Å²) in [6.45, 7) is 1.64. The molecule has 1 saturated heterocycles. The lowest BCUT2D eigenvalue weighted by Crippen LogP contribution is -2.34. The molecule has 28 heavy (non-hydrogen) atoms. The molecule has 148 valence electrons. The first-order chi connectivity index (χ1) is 17.9. The van der Waals surface area contributed by atoms with Gasteiger partial charge in [0.25, 0.3) is 0 Å². The molecule has 2 aromatic carbocycles. The first kappa shape index (κ1) is 9.93. The molecule has 4 nitrogen and oxygen atoms in total. The van der Waals surface area contributed by atoms with Gasteiger partial charge in [-0.25, -0.2) is 0 Å². The SMILES string of the molecule is [2H]C([2H])([2H])Oc1cc2c(cc1OC([2H])([2H])[2H])C([2H])([2H])C([2H])(C([2H])([2H])C1CCN(Cc3ccccc3)CC1)C2=O. The Morgan fingerprint density at radius 2 is 1.89 bits per heavy atom. The van der Waals surface area contributed by atoms with Crippen LogP contribution >= 0.6 is 0 Å². The number of nitrogens with zero attached hydrogens (tertiary/aromatic N) is 1. The molecule has 2 aromatic rings. The van der Waals surface area contributed by atoms with Crippen molar-refractivity contribution in [3.8, 4) is 11.5 Å². The number of likely N-dealkylation sites (tertiary alicyclic amines) is 1. The van der Waals surface area contributed by atoms with Crippen LogP contribution in [0.15, 0.2) is 42.5 Å². The maximum absolute atomic E-state index is 13.6. The zero-order valence-corrected chi connectivity index (χ0v) is 15.3. The van der Waals surface area contributed by atoms with Crippen LogP contribution in [-0.4, -0.2) is 37.8 Å². The van der Waals surface area contributed by atoms with Gasteiger partial charge in [-0.3, -0.25) is 9.69 Å². The number of carbonyl (C=O) groups excluding carboxylic acids is 1. The average molecular weight is 391 g/mol. The van der Waals surface area contributed by atoms with Crippen molar-refractivity contribution in [2.45, 2.75) is 32.1 Å². The van der Waals surface area contributed by atoms with E-state index in [1.165, 1.54) is 0 Å². The van der Waals surface area contributed by atoms with Gasteiger partial charge >= 0.3 is 0 Å². The van der Waals surface area contributed by atoms with E-state index in [0.29, 0.717) is 32.5 Å². The molecule has 1 fully saturated rings. The van der Waals surface area contributed by atoms with E-state index in [2.05, 4.69) is 4.90 Å². The van der Waals surface area contributed by atoms with Gasteiger partial charge in [-0.15, -0.1) is 0 Å². The second kappa shape index (κ2) is 8.36. The molecular formula is C24H29NO3. The fraction of sp³-hybridized carbons (Fsp3) is 0.458. The van der Waals surface area contributed by atoms with Crippen LogP contribution in [0.1, 0.15) is 55.8 Å². The highest BCUT2D eigenvalue weighted by molar-refractivity contribution is 6.02. The lowest BCUT2D eigenvalue weighted by molar-refractivity contribution is 0.0895. The smallest absolute Gasteiger partial charge is 0.166 e. The van der Waals surface area contributed by atoms with Gasteiger partial charge in [0, 0.05) is 24.9 Å². The van der Waals surface area contributed by atoms with Crippen molar-refractivity contribution in [2.75, 3.05) is 27.2 Å². The summed E-state index contributed by atoms with van der Waals surface area (Å²) in [5.74, 6) is -6.21. The summed E-state index contributed by atoms with van der Waals surface area (Å²) in [5, 5.41) is 0. The molecule has 4 rings (SSSR count). The number of benzene rings is 2. The molecule has 1 atom stereocenters. The summed E-state index contributed by atoms with van der Waals surface area (Å²) in [7, 11) is -6.11. The van der Waals surface area contributed by atoms with Crippen molar-refractivity contribution >= 4 is 5.78 Å². The fourth-order valence-electron chi connectivity index (χ4n) is 3.72. The molecule has 0 N–H and O–H groups in total. The summed E-state index contributed by atoms with van der Waals surface area (Å²) in [6.07, 6.45) is -4.93. The molecule has 1 unspecified atom stereocenters. The van der Waals surface area contributed by atoms with Crippen LogP contribution in [-0.2, 0) is 12.9 Å². The van der Waals surface area contributed by atoms with E-state index in [1.807, 2.05) is 30.3 Å². The molecule has 1 aliphatic heterocycles. The molecule has 0 aromatic heterocycles. The van der Waals surface area contributed by atoms with E-state index in [9.17, 15) is 4.79 Å². The quantitative estimate of drug-likeness (QED) is 0.735. The van der Waals surface area contributed by atoms with E-state index in [0.717, 1.165) is 17.7 Å². The number of hydrogen-bond acceptors (Lipinski definition) is 4. The van der Waals surface area contributed by atoms with Gasteiger partial charge < -0.3 is 9.47 Å². The Hall–Kier alpha value is -2.33. The second-order valence-corrected chi connectivity index (χ2v) is 7.06. The minimum Gasteiger partial charge on any atom is -0.493 e. The molecular weight excluding hydrogens is 350 g/mol. The summed E-state index contributed by atoms with van der Waals surface area (Å²) in [4.78, 5) is 15.8. The predicted octanol–water partition coefficient (Wildman–Crippen LogP) is 4.36. The zero-order valence-electron chi connectivity index (χ0n) is 26.3. The van der Waals surface area contributed by atoms with Crippen molar-refractivity contribution < 1.29 is 29.3 Å². The van der Waals surface area contributed by atoms with E-state index in [4.69, 9.17) is 24.6 Å². The molecule has 4 heteroatoms. The third-order valence-electron chi connectivity index (χ3n) is 5.22. The first-order valence-electron chi connectivity index (χ1n) is 14.7. The Bertz CT molecular complexity index is 1220. The number of fused-ring (bicyclic) bond motifs is 1. The van der Waals surface area contributed by atoms with Crippen LogP contribution in [0.5, 0.6) is 11.5 Å². The van der Waals surface area contributed by atoms with Gasteiger partial charge in [0.15, 0.2) is 17.3 Å². The monoisotopic (exact) mass is 390 g/mol. The topological polar surface area (TPSA) is 38.8 Å². The predicted molar refractivity (Wildman–Crippen MR) is 110 cm³/mol. The van der Waals surface area contributed by atoms with Crippen molar-refractivity contribution in [3.63, 3.8) is 0 Å². The number of ether oxygens (including phenoxy) is 2. The van der Waals surface area contributed by atoms with Crippen LogP contribution in [0.2, 0.25) is 0 Å². The summed E-state index contributed by atoms with van der Waals surface area (Å²) in [5.41, 5.74) is 0.196. The normalized spacial score (nSPS) is 31.9. The second-order valence-electron chi connectivity index (χ2n) is 7.06. The van der Waals surface area contributed by atoms with Crippen molar-refractivity contribution in [3.05, 3.63) is 59.2 Å². The van der Waals surface area contributed by atoms with Gasteiger partial charge in [-0.2, -0.15) is 0 Å². The van der Waals surface area contributed by atoms with Crippen LogP contribution in [0.25, 0.3) is 0 Å². The Balaban J connectivity index is 1.65. The Morgan fingerprint density at radius 3 is 2.61 bits per heavy atom. The third kappa shape index (κ3) is 3.93. The highest BCUT2D eigenvalue weighted by Crippen LogP contribution is 2.39. The van der Waals surface area contributed by atoms with E-state index < -0.39 is 67.0 Å². The number of hydrogen-bond donors (Lipinski definition) is 0. The molecule has 0 amide bonds. The van der Waals surface area contributed by atoms with Crippen molar-refractivity contribution in [1.29, 1.82) is 0 Å². The zero-order chi connectivity index (χ0) is 29.0. The number of piperidine rings is 1. The maximum atomic E-state index is 13.6. The van der Waals surface area contributed by atoms with E-state index >= 15 is 0 Å². The van der Waals surface area contributed by atoms with Gasteiger partial charge in [0.1, 0.15) is 0 Å². The molecule has 0 bridgehead atoms. The lowest BCUT2D eigenvalue weighted by Gasteiger charge is -2.32. The Kier molecular flexibility index (Phi) is 2.96. The number of carbonyl (C=O) groups is 1. The fourth-order valence-corrected chi connectivity index (χ4v) is 3.72. The number of methoxy groups -OCH3 is 2.